The highest BCUT2D eigenvalue weighted by molar-refractivity contribution is 8.10. The largest absolute Gasteiger partial charge is 0.277 e. The summed E-state index contributed by atoms with van der Waals surface area (Å²) in [4.78, 5) is -0.808. The summed E-state index contributed by atoms with van der Waals surface area (Å²) in [6.07, 6.45) is 0. The lowest BCUT2D eigenvalue weighted by molar-refractivity contribution is 0.583. The van der Waals surface area contributed by atoms with E-state index < -0.39 is 41.5 Å². The molecule has 3 rings (SSSR count). The van der Waals surface area contributed by atoms with Crippen molar-refractivity contribution in [1.82, 2.24) is 0 Å². The van der Waals surface area contributed by atoms with Gasteiger partial charge in [-0.3, -0.25) is 0 Å². The molecular weight excluding hydrogens is 396 g/mol. The van der Waals surface area contributed by atoms with Crippen LogP contribution in [0.25, 0.3) is 0 Å². The van der Waals surface area contributed by atoms with Gasteiger partial charge in [0.25, 0.3) is 20.0 Å². The van der Waals surface area contributed by atoms with Crippen molar-refractivity contribution < 1.29 is 25.6 Å². The lowest BCUT2D eigenvalue weighted by Gasteiger charge is -2.24. The first kappa shape index (κ1) is 19.0. The van der Waals surface area contributed by atoms with Gasteiger partial charge >= 0.3 is 0 Å². The molecule has 0 aromatic heterocycles. The van der Waals surface area contributed by atoms with Gasteiger partial charge in [0.05, 0.1) is 15.5 Å². The van der Waals surface area contributed by atoms with Crippen LogP contribution < -0.4 is 3.71 Å². The molecule has 0 saturated carbocycles. The van der Waals surface area contributed by atoms with Gasteiger partial charge in [0.2, 0.25) is 0 Å². The van der Waals surface area contributed by atoms with E-state index >= 15 is 0 Å². The van der Waals surface area contributed by atoms with Gasteiger partial charge in [0.15, 0.2) is 0 Å². The summed E-state index contributed by atoms with van der Waals surface area (Å²) in [6.45, 7) is 0. The lowest BCUT2D eigenvalue weighted by atomic mass is 10.3. The van der Waals surface area contributed by atoms with Crippen molar-refractivity contribution in [3.8, 4) is 0 Å². The average Bonchev–Trinajstić information content (AvgIpc) is 2.63. The molecule has 0 amide bonds. The first-order chi connectivity index (χ1) is 12.7. The number of rotatable bonds is 5. The van der Waals surface area contributed by atoms with E-state index in [1.54, 1.807) is 6.07 Å². The van der Waals surface area contributed by atoms with E-state index in [1.165, 1.54) is 24.3 Å². The fourth-order valence-corrected chi connectivity index (χ4v) is 6.05. The lowest BCUT2D eigenvalue weighted by Crippen LogP contribution is -2.37. The van der Waals surface area contributed by atoms with Crippen LogP contribution in [-0.2, 0) is 20.0 Å². The number of anilines is 1. The number of nitrogens with zero attached hydrogens (tertiary/aromatic N) is 1. The first-order valence-corrected chi connectivity index (χ1v) is 10.5. The molecule has 0 bridgehead atoms. The summed E-state index contributed by atoms with van der Waals surface area (Å²) in [7, 11) is -9.20. The second-order valence-electron chi connectivity index (χ2n) is 5.45. The highest BCUT2D eigenvalue weighted by Crippen LogP contribution is 2.30. The number of benzene rings is 3. The molecule has 0 spiro atoms. The van der Waals surface area contributed by atoms with Crippen LogP contribution in [0.5, 0.6) is 0 Å². The normalized spacial score (nSPS) is 11.9. The number of sulfonamides is 2. The standard InChI is InChI=1S/C18H13F2NO4S2/c19-14-6-10-17(11-7-14)26(22,23)21(16-4-2-1-3-5-16)27(24,25)18-12-8-15(20)9-13-18/h1-13H. The number of para-hydroxylation sites is 1. The van der Waals surface area contributed by atoms with Gasteiger partial charge in [-0.2, -0.15) is 3.71 Å². The second-order valence-corrected chi connectivity index (χ2v) is 9.26. The highest BCUT2D eigenvalue weighted by atomic mass is 32.3. The Hall–Kier alpha value is -2.78. The summed E-state index contributed by atoms with van der Waals surface area (Å²) in [6, 6.07) is 14.7. The van der Waals surface area contributed by atoms with Crippen molar-refractivity contribution in [2.75, 3.05) is 3.71 Å². The summed E-state index contributed by atoms with van der Waals surface area (Å²) < 4.78 is 78.9. The van der Waals surface area contributed by atoms with Crippen molar-refractivity contribution in [2.45, 2.75) is 9.79 Å². The molecule has 0 fully saturated rings. The van der Waals surface area contributed by atoms with Crippen LogP contribution in [0.2, 0.25) is 0 Å². The van der Waals surface area contributed by atoms with Crippen LogP contribution in [0.1, 0.15) is 0 Å². The molecule has 0 radical (unpaired) electrons. The molecule has 0 aliphatic heterocycles. The quantitative estimate of drug-likeness (QED) is 0.646. The molecule has 0 N–H and O–H groups in total. The minimum Gasteiger partial charge on any atom is -0.207 e. The number of hydrogen-bond acceptors (Lipinski definition) is 4. The predicted molar refractivity (Wildman–Crippen MR) is 96.1 cm³/mol. The van der Waals surface area contributed by atoms with Crippen LogP contribution in [0, 0.1) is 11.6 Å². The van der Waals surface area contributed by atoms with Crippen LogP contribution in [0.3, 0.4) is 0 Å². The molecule has 27 heavy (non-hydrogen) atoms. The van der Waals surface area contributed by atoms with Crippen molar-refractivity contribution in [3.05, 3.63) is 90.5 Å². The Morgan fingerprint density at radius 1 is 0.556 bits per heavy atom. The van der Waals surface area contributed by atoms with Gasteiger partial charge in [0.1, 0.15) is 11.6 Å². The summed E-state index contributed by atoms with van der Waals surface area (Å²) >= 11 is 0. The molecule has 3 aromatic rings. The molecule has 0 atom stereocenters. The van der Waals surface area contributed by atoms with E-state index in [1.807, 2.05) is 0 Å². The third kappa shape index (κ3) is 3.69. The molecule has 140 valence electrons. The zero-order valence-corrected chi connectivity index (χ0v) is 15.3. The number of halogens is 2. The van der Waals surface area contributed by atoms with Crippen molar-refractivity contribution in [3.63, 3.8) is 0 Å². The fourth-order valence-electron chi connectivity index (χ4n) is 2.36. The van der Waals surface area contributed by atoms with E-state index in [2.05, 4.69) is 0 Å². The van der Waals surface area contributed by atoms with Crippen molar-refractivity contribution in [1.29, 1.82) is 0 Å². The maximum absolute atomic E-state index is 13.2. The van der Waals surface area contributed by atoms with Gasteiger partial charge in [-0.15, -0.1) is 0 Å². The SMILES string of the molecule is O=S(=O)(c1ccc(F)cc1)N(c1ccccc1)S(=O)(=O)c1ccc(F)cc1. The van der Waals surface area contributed by atoms with E-state index in [0.29, 0.717) is 0 Å². The van der Waals surface area contributed by atoms with Gasteiger partial charge in [-0.25, -0.2) is 25.6 Å². The van der Waals surface area contributed by atoms with E-state index in [4.69, 9.17) is 0 Å². The van der Waals surface area contributed by atoms with E-state index in [0.717, 1.165) is 48.5 Å². The average molecular weight is 409 g/mol. The minimum atomic E-state index is -4.60. The molecular formula is C18H13F2NO4S2. The van der Waals surface area contributed by atoms with Gasteiger partial charge in [-0.05, 0) is 60.7 Å². The van der Waals surface area contributed by atoms with Crippen LogP contribution in [0.4, 0.5) is 14.5 Å². The van der Waals surface area contributed by atoms with Gasteiger partial charge in [0, 0.05) is 0 Å². The Morgan fingerprint density at radius 3 is 1.30 bits per heavy atom. The maximum atomic E-state index is 13.2. The summed E-state index contributed by atoms with van der Waals surface area (Å²) in [5.41, 5.74) is -0.133. The third-order valence-electron chi connectivity index (χ3n) is 3.63. The van der Waals surface area contributed by atoms with Crippen LogP contribution in [-0.4, -0.2) is 16.8 Å². The zero-order valence-electron chi connectivity index (χ0n) is 13.7. The Morgan fingerprint density at radius 2 is 0.926 bits per heavy atom. The molecule has 0 aliphatic carbocycles. The fraction of sp³-hybridized carbons (Fsp3) is 0. The molecule has 3 aromatic carbocycles. The molecule has 9 heteroatoms. The monoisotopic (exact) mass is 409 g/mol. The molecule has 5 nitrogen and oxygen atoms in total. The molecule has 0 saturated heterocycles. The Bertz CT molecular complexity index is 1070. The van der Waals surface area contributed by atoms with Gasteiger partial charge in [-0.1, -0.05) is 18.2 Å². The Balaban J connectivity index is 2.24. The molecule has 0 unspecified atom stereocenters. The number of hydrogen-bond donors (Lipinski definition) is 0. The van der Waals surface area contributed by atoms with Crippen LogP contribution >= 0.6 is 0 Å². The summed E-state index contributed by atoms with van der Waals surface area (Å²) in [5.74, 6) is -1.33. The first-order valence-electron chi connectivity index (χ1n) is 7.60. The molecule has 0 aliphatic rings. The predicted octanol–water partition coefficient (Wildman–Crippen LogP) is 3.55. The molecule has 0 heterocycles. The Kier molecular flexibility index (Phi) is 4.99. The highest BCUT2D eigenvalue weighted by Gasteiger charge is 2.36. The van der Waals surface area contributed by atoms with E-state index in [9.17, 15) is 25.6 Å². The van der Waals surface area contributed by atoms with E-state index in [-0.39, 0.29) is 9.40 Å². The third-order valence-corrected chi connectivity index (χ3v) is 7.83. The topological polar surface area (TPSA) is 71.5 Å². The zero-order chi connectivity index (χ0) is 19.7. The second kappa shape index (κ2) is 7.09. The minimum absolute atomic E-state index is 0.133. The smallest absolute Gasteiger partial charge is 0.207 e. The summed E-state index contributed by atoms with van der Waals surface area (Å²) in [5, 5.41) is 0. The Labute approximate surface area is 155 Å². The van der Waals surface area contributed by atoms with Crippen molar-refractivity contribution in [2.24, 2.45) is 0 Å². The van der Waals surface area contributed by atoms with Gasteiger partial charge < -0.3 is 0 Å². The van der Waals surface area contributed by atoms with Crippen LogP contribution in [0.15, 0.2) is 88.7 Å². The maximum Gasteiger partial charge on any atom is 0.277 e. The van der Waals surface area contributed by atoms with Crippen molar-refractivity contribution >= 4 is 25.7 Å².